The molecule has 0 aromatic heterocycles. The van der Waals surface area contributed by atoms with Gasteiger partial charge in [0, 0.05) is 17.1 Å². The van der Waals surface area contributed by atoms with Crippen LogP contribution in [0.5, 0.6) is 0 Å². The fourth-order valence-electron chi connectivity index (χ4n) is 12.5. The highest BCUT2D eigenvalue weighted by Gasteiger charge is 2.54. The van der Waals surface area contributed by atoms with Gasteiger partial charge >= 0.3 is 0 Å². The molecule has 1 aliphatic carbocycles. The molecule has 0 bridgehead atoms. The molecule has 322 valence electrons. The van der Waals surface area contributed by atoms with Crippen molar-refractivity contribution in [1.82, 2.24) is 0 Å². The van der Waals surface area contributed by atoms with Crippen LogP contribution < -0.4 is 25.6 Å². The van der Waals surface area contributed by atoms with E-state index in [9.17, 15) is 0 Å². The van der Waals surface area contributed by atoms with E-state index in [4.69, 9.17) is 0 Å². The van der Waals surface area contributed by atoms with Crippen LogP contribution in [0.4, 0.5) is 17.1 Å². The summed E-state index contributed by atoms with van der Waals surface area (Å²) in [5, 5.41) is 5.90. The highest BCUT2D eigenvalue weighted by Crippen LogP contribution is 2.57. The number of anilines is 3. The van der Waals surface area contributed by atoms with Gasteiger partial charge in [0.2, 0.25) is 0 Å². The van der Waals surface area contributed by atoms with Crippen molar-refractivity contribution in [2.75, 3.05) is 4.90 Å². The SMILES string of the molecule is c1ccc(-c2ccc(N(c3ccc4c(c3)C(c3ccccc3)(c3ccc(-c5ccccc5)cc3)c3ccccc3-4)c3ccc4c(c3)[Si]3(c5ccccc5-c5ccccc53)c3ccccc3-4)cc2)cc1. The van der Waals surface area contributed by atoms with Crippen molar-refractivity contribution in [1.29, 1.82) is 0 Å². The number of fused-ring (bicyclic) bond motifs is 13. The first-order chi connectivity index (χ1) is 34.2. The van der Waals surface area contributed by atoms with Crippen LogP contribution in [0.15, 0.2) is 273 Å². The van der Waals surface area contributed by atoms with E-state index >= 15 is 0 Å². The van der Waals surface area contributed by atoms with Gasteiger partial charge in [-0.15, -0.1) is 0 Å². The average molecular weight is 892 g/mol. The summed E-state index contributed by atoms with van der Waals surface area (Å²) in [7, 11) is -2.71. The van der Waals surface area contributed by atoms with E-state index in [-0.39, 0.29) is 0 Å². The summed E-state index contributed by atoms with van der Waals surface area (Å²) in [5.74, 6) is 0. The molecule has 1 atom stereocenters. The summed E-state index contributed by atoms with van der Waals surface area (Å²) in [6, 6.07) is 103. The monoisotopic (exact) mass is 891 g/mol. The highest BCUT2D eigenvalue weighted by atomic mass is 28.3. The van der Waals surface area contributed by atoms with Crippen molar-refractivity contribution < 1.29 is 0 Å². The minimum absolute atomic E-state index is 0.574. The Morgan fingerprint density at radius 3 is 1.19 bits per heavy atom. The summed E-state index contributed by atoms with van der Waals surface area (Å²) in [4.78, 5) is 2.52. The van der Waals surface area contributed by atoms with E-state index in [1.807, 2.05) is 0 Å². The zero-order valence-electron chi connectivity index (χ0n) is 37.9. The maximum absolute atomic E-state index is 2.71. The summed E-state index contributed by atoms with van der Waals surface area (Å²) >= 11 is 0. The van der Waals surface area contributed by atoms with E-state index in [0.29, 0.717) is 0 Å². The quantitative estimate of drug-likeness (QED) is 0.144. The zero-order chi connectivity index (χ0) is 45.5. The van der Waals surface area contributed by atoms with Gasteiger partial charge in [0.1, 0.15) is 0 Å². The lowest BCUT2D eigenvalue weighted by atomic mass is 9.67. The van der Waals surface area contributed by atoms with Gasteiger partial charge in [0.25, 0.3) is 0 Å². The van der Waals surface area contributed by atoms with Crippen molar-refractivity contribution in [2.45, 2.75) is 5.41 Å². The first kappa shape index (κ1) is 39.6. The Morgan fingerprint density at radius 2 is 0.623 bits per heavy atom. The predicted octanol–water partition coefficient (Wildman–Crippen LogP) is 14.2. The number of hydrogen-bond donors (Lipinski definition) is 0. The summed E-state index contributed by atoms with van der Waals surface area (Å²) in [6.45, 7) is 0. The molecular weight excluding hydrogens is 847 g/mol. The van der Waals surface area contributed by atoms with Gasteiger partial charge in [0.15, 0.2) is 8.07 Å². The van der Waals surface area contributed by atoms with Gasteiger partial charge < -0.3 is 4.90 Å². The smallest absolute Gasteiger partial charge is 0.182 e. The number of hydrogen-bond acceptors (Lipinski definition) is 1. The third-order valence-electron chi connectivity index (χ3n) is 15.4. The Bertz CT molecular complexity index is 3700. The van der Waals surface area contributed by atoms with E-state index in [2.05, 4.69) is 278 Å². The summed E-state index contributed by atoms with van der Waals surface area (Å²) < 4.78 is 0. The fraction of sp³-hybridized carbons (Fsp3) is 0.0149. The maximum atomic E-state index is 2.57. The topological polar surface area (TPSA) is 3.24 Å². The number of benzene rings is 11. The van der Waals surface area contributed by atoms with Crippen molar-refractivity contribution in [3.63, 3.8) is 0 Å². The minimum atomic E-state index is -2.71. The molecule has 2 heterocycles. The molecule has 11 aromatic rings. The van der Waals surface area contributed by atoms with E-state index < -0.39 is 13.5 Å². The van der Waals surface area contributed by atoms with Gasteiger partial charge in [-0.2, -0.15) is 0 Å². The van der Waals surface area contributed by atoms with Crippen LogP contribution in [0.25, 0.3) is 55.6 Å². The Hall–Kier alpha value is -8.56. The summed E-state index contributed by atoms with van der Waals surface area (Å²) in [6.07, 6.45) is 0. The average Bonchev–Trinajstić information content (AvgIpc) is 4.02. The van der Waals surface area contributed by atoms with Gasteiger partial charge in [-0.1, -0.05) is 237 Å². The number of rotatable bonds is 7. The molecule has 0 saturated heterocycles. The molecular formula is C67H45NSi. The molecule has 1 spiro atoms. The molecule has 1 unspecified atom stereocenters. The van der Waals surface area contributed by atoms with Gasteiger partial charge in [-0.25, -0.2) is 0 Å². The van der Waals surface area contributed by atoms with Crippen molar-refractivity contribution >= 4 is 45.9 Å². The first-order valence-electron chi connectivity index (χ1n) is 24.1. The van der Waals surface area contributed by atoms with Crippen LogP contribution in [0, 0.1) is 0 Å². The van der Waals surface area contributed by atoms with Gasteiger partial charge in [0.05, 0.1) is 5.41 Å². The molecule has 14 rings (SSSR count). The lowest BCUT2D eigenvalue weighted by molar-refractivity contribution is 0.768. The minimum Gasteiger partial charge on any atom is -0.310 e. The second kappa shape index (κ2) is 15.5. The standard InChI is InChI=1S/C67H45NSi/c1-4-18-46(19-5-1)48-32-36-51(37-33-48)67(50-22-8-3-9-23-50)61-28-14-10-24-55(61)56-42-40-53(44-62(56)67)68(52-38-34-49(35-39-52)47-20-6-2-7-21-47)54-41-43-60-59-27-13-17-31-65(59)69(66(60)45-54)63-29-15-11-25-57(63)58-26-12-16-30-64(58)69/h1-45H. The Labute approximate surface area is 404 Å². The third kappa shape index (κ3) is 5.70. The molecule has 69 heavy (non-hydrogen) atoms. The van der Waals surface area contributed by atoms with Gasteiger partial charge in [-0.3, -0.25) is 0 Å². The van der Waals surface area contributed by atoms with E-state index in [1.54, 1.807) is 0 Å². The van der Waals surface area contributed by atoms with Crippen LogP contribution in [0.3, 0.4) is 0 Å². The summed E-state index contributed by atoms with van der Waals surface area (Å²) in [5.41, 5.74) is 20.7. The predicted molar refractivity (Wildman–Crippen MR) is 291 cm³/mol. The molecule has 0 radical (unpaired) electrons. The second-order valence-electron chi connectivity index (χ2n) is 18.7. The lowest BCUT2D eigenvalue weighted by Crippen LogP contribution is -2.70. The van der Waals surface area contributed by atoms with Crippen molar-refractivity contribution in [3.05, 3.63) is 295 Å². The van der Waals surface area contributed by atoms with Crippen LogP contribution in [0.1, 0.15) is 22.3 Å². The van der Waals surface area contributed by atoms with Crippen LogP contribution >= 0.6 is 0 Å². The van der Waals surface area contributed by atoms with E-state index in [1.165, 1.54) is 98.6 Å². The molecule has 0 fully saturated rings. The fourth-order valence-corrected chi connectivity index (χ4v) is 18.2. The number of nitrogens with zero attached hydrogens (tertiary/aromatic N) is 1. The van der Waals surface area contributed by atoms with Crippen molar-refractivity contribution in [2.24, 2.45) is 0 Å². The highest BCUT2D eigenvalue weighted by molar-refractivity contribution is 7.24. The molecule has 11 aromatic carbocycles. The van der Waals surface area contributed by atoms with E-state index in [0.717, 1.165) is 17.1 Å². The molecule has 0 saturated carbocycles. The first-order valence-corrected chi connectivity index (χ1v) is 26.1. The van der Waals surface area contributed by atoms with Crippen LogP contribution in [-0.2, 0) is 5.41 Å². The van der Waals surface area contributed by atoms with Crippen molar-refractivity contribution in [3.8, 4) is 55.6 Å². The zero-order valence-corrected chi connectivity index (χ0v) is 38.9. The van der Waals surface area contributed by atoms with Gasteiger partial charge in [-0.05, 0) is 135 Å². The normalized spacial score (nSPS) is 15.1. The molecule has 3 aliphatic rings. The third-order valence-corrected chi connectivity index (χ3v) is 20.3. The largest absolute Gasteiger partial charge is 0.310 e. The Balaban J connectivity index is 1.02. The molecule has 2 aliphatic heterocycles. The maximum Gasteiger partial charge on any atom is 0.182 e. The molecule has 2 heteroatoms. The Kier molecular flexibility index (Phi) is 8.89. The van der Waals surface area contributed by atoms with Crippen LogP contribution in [0.2, 0.25) is 0 Å². The Morgan fingerprint density at radius 1 is 0.246 bits per heavy atom. The molecule has 0 N–H and O–H groups in total. The van der Waals surface area contributed by atoms with Crippen LogP contribution in [-0.4, -0.2) is 8.07 Å². The molecule has 0 amide bonds. The second-order valence-corrected chi connectivity index (χ2v) is 22.4. The molecule has 1 nitrogen and oxygen atoms in total. The lowest BCUT2D eigenvalue weighted by Gasteiger charge is -2.35.